The third-order valence-electron chi connectivity index (χ3n) is 4.83. The number of ether oxygens (including phenoxy) is 2. The lowest BCUT2D eigenvalue weighted by atomic mass is 10.0. The van der Waals surface area contributed by atoms with E-state index < -0.39 is 0 Å². The molecule has 0 fully saturated rings. The lowest BCUT2D eigenvalue weighted by Crippen LogP contribution is -2.00. The summed E-state index contributed by atoms with van der Waals surface area (Å²) >= 11 is 1.36. The van der Waals surface area contributed by atoms with Gasteiger partial charge in [0.25, 0.3) is 5.22 Å². The molecule has 2 aromatic carbocycles. The zero-order valence-electron chi connectivity index (χ0n) is 17.0. The minimum Gasteiger partial charge on any atom is -0.493 e. The van der Waals surface area contributed by atoms with Crippen LogP contribution in [-0.2, 0) is 5.75 Å². The molecule has 0 spiro atoms. The van der Waals surface area contributed by atoms with Crippen molar-refractivity contribution in [1.82, 2.24) is 10.2 Å². The van der Waals surface area contributed by atoms with Crippen LogP contribution in [0.5, 0.6) is 11.5 Å². The number of methoxy groups -OCH3 is 2. The molecule has 0 N–H and O–H groups in total. The van der Waals surface area contributed by atoms with Crippen LogP contribution in [0.15, 0.2) is 55.2 Å². The van der Waals surface area contributed by atoms with Crippen LogP contribution in [0.2, 0.25) is 0 Å². The van der Waals surface area contributed by atoms with Crippen molar-refractivity contribution in [3.63, 3.8) is 0 Å². The summed E-state index contributed by atoms with van der Waals surface area (Å²) in [6.45, 7) is 4.02. The highest BCUT2D eigenvalue weighted by molar-refractivity contribution is 7.98. The number of hydrogen-bond donors (Lipinski definition) is 0. The lowest BCUT2D eigenvalue weighted by Gasteiger charge is -2.07. The first-order valence-electron chi connectivity index (χ1n) is 9.21. The molecule has 0 saturated carbocycles. The SMILES string of the molecule is COc1ccc(-c2nnc(SCc3cc(=O)oc4cc(C)c(C)cc34)o2)cc1OC. The molecule has 0 aliphatic heterocycles. The maximum Gasteiger partial charge on any atom is 0.336 e. The van der Waals surface area contributed by atoms with E-state index in [1.54, 1.807) is 26.4 Å². The van der Waals surface area contributed by atoms with E-state index in [4.69, 9.17) is 18.3 Å². The molecule has 0 aliphatic carbocycles. The summed E-state index contributed by atoms with van der Waals surface area (Å²) in [7, 11) is 3.15. The zero-order chi connectivity index (χ0) is 21.3. The Hall–Kier alpha value is -3.26. The molecule has 0 amide bonds. The van der Waals surface area contributed by atoms with Gasteiger partial charge in [0.05, 0.1) is 14.2 Å². The number of benzene rings is 2. The second kappa shape index (κ2) is 8.23. The predicted octanol–water partition coefficient (Wildman–Crippen LogP) is 4.77. The largest absolute Gasteiger partial charge is 0.493 e. The van der Waals surface area contributed by atoms with Gasteiger partial charge in [0, 0.05) is 22.8 Å². The maximum atomic E-state index is 12.0. The highest BCUT2D eigenvalue weighted by atomic mass is 32.2. The number of nitrogens with zero attached hydrogens (tertiary/aromatic N) is 2. The van der Waals surface area contributed by atoms with Gasteiger partial charge in [0.1, 0.15) is 5.58 Å². The number of aromatic nitrogens is 2. The Morgan fingerprint density at radius 3 is 2.47 bits per heavy atom. The second-order valence-corrected chi connectivity index (χ2v) is 7.68. The molecule has 7 nitrogen and oxygen atoms in total. The number of rotatable bonds is 6. The average Bonchev–Trinajstić information content (AvgIpc) is 3.21. The molecule has 0 saturated heterocycles. The summed E-state index contributed by atoms with van der Waals surface area (Å²) in [6.07, 6.45) is 0. The fourth-order valence-corrected chi connectivity index (χ4v) is 3.85. The maximum absolute atomic E-state index is 12.0. The van der Waals surface area contributed by atoms with Gasteiger partial charge >= 0.3 is 5.63 Å². The Labute approximate surface area is 177 Å². The molecule has 2 aromatic heterocycles. The van der Waals surface area contributed by atoms with Crippen molar-refractivity contribution in [2.24, 2.45) is 0 Å². The molecule has 2 heterocycles. The van der Waals surface area contributed by atoms with Crippen LogP contribution in [-0.4, -0.2) is 24.4 Å². The third-order valence-corrected chi connectivity index (χ3v) is 5.70. The van der Waals surface area contributed by atoms with Crippen molar-refractivity contribution in [2.45, 2.75) is 24.8 Å². The molecule has 154 valence electrons. The van der Waals surface area contributed by atoms with Gasteiger partial charge in [-0.3, -0.25) is 0 Å². The molecule has 0 aliphatic rings. The van der Waals surface area contributed by atoms with Gasteiger partial charge in [-0.25, -0.2) is 4.79 Å². The Kier molecular flexibility index (Phi) is 5.50. The van der Waals surface area contributed by atoms with Gasteiger partial charge in [-0.05, 0) is 60.9 Å². The standard InChI is InChI=1S/C22H20N2O5S/c1-12-7-16-15(10-20(25)28-18(16)8-13(12)2)11-30-22-24-23-21(29-22)14-5-6-17(26-3)19(9-14)27-4/h5-10H,11H2,1-4H3. The second-order valence-electron chi connectivity index (χ2n) is 6.75. The number of hydrogen-bond acceptors (Lipinski definition) is 8. The quantitative estimate of drug-likeness (QED) is 0.323. The van der Waals surface area contributed by atoms with E-state index in [2.05, 4.69) is 10.2 Å². The third kappa shape index (κ3) is 3.91. The highest BCUT2D eigenvalue weighted by Gasteiger charge is 2.14. The van der Waals surface area contributed by atoms with E-state index in [9.17, 15) is 4.79 Å². The molecule has 8 heteroatoms. The Bertz CT molecular complexity index is 1280. The summed E-state index contributed by atoms with van der Waals surface area (Å²) in [5, 5.41) is 9.55. The van der Waals surface area contributed by atoms with E-state index >= 15 is 0 Å². The Morgan fingerprint density at radius 1 is 0.933 bits per heavy atom. The smallest absolute Gasteiger partial charge is 0.336 e. The molecular weight excluding hydrogens is 404 g/mol. The summed E-state index contributed by atoms with van der Waals surface area (Å²) in [5.41, 5.74) is 4.00. The van der Waals surface area contributed by atoms with E-state index in [1.165, 1.54) is 17.8 Å². The lowest BCUT2D eigenvalue weighted by molar-refractivity contribution is 0.355. The molecule has 4 rings (SSSR count). The monoisotopic (exact) mass is 424 g/mol. The summed E-state index contributed by atoms with van der Waals surface area (Å²) < 4.78 is 21.7. The Balaban J connectivity index is 1.58. The molecule has 4 aromatic rings. The van der Waals surface area contributed by atoms with Gasteiger partial charge in [-0.15, -0.1) is 10.2 Å². The first-order valence-corrected chi connectivity index (χ1v) is 10.2. The number of aryl methyl sites for hydroxylation is 2. The van der Waals surface area contributed by atoms with Crippen molar-refractivity contribution in [1.29, 1.82) is 0 Å². The molecular formula is C22H20N2O5S. The van der Waals surface area contributed by atoms with E-state index in [0.717, 1.165) is 27.6 Å². The predicted molar refractivity (Wildman–Crippen MR) is 114 cm³/mol. The van der Waals surface area contributed by atoms with Crippen LogP contribution >= 0.6 is 11.8 Å². The van der Waals surface area contributed by atoms with Crippen molar-refractivity contribution >= 4 is 22.7 Å². The number of thioether (sulfide) groups is 1. The van der Waals surface area contributed by atoms with Crippen LogP contribution < -0.4 is 15.1 Å². The van der Waals surface area contributed by atoms with Gasteiger partial charge < -0.3 is 18.3 Å². The van der Waals surface area contributed by atoms with Crippen LogP contribution in [0.4, 0.5) is 0 Å². The van der Waals surface area contributed by atoms with Gasteiger partial charge in [-0.1, -0.05) is 11.8 Å². The molecule has 0 atom stereocenters. The minimum absolute atomic E-state index is 0.377. The van der Waals surface area contributed by atoms with Crippen LogP contribution in [0.1, 0.15) is 16.7 Å². The number of fused-ring (bicyclic) bond motifs is 1. The topological polar surface area (TPSA) is 87.6 Å². The van der Waals surface area contributed by atoms with E-state index in [0.29, 0.717) is 33.9 Å². The van der Waals surface area contributed by atoms with Crippen molar-refractivity contribution < 1.29 is 18.3 Å². The zero-order valence-corrected chi connectivity index (χ0v) is 17.8. The van der Waals surface area contributed by atoms with E-state index in [1.807, 2.05) is 32.0 Å². The normalized spacial score (nSPS) is 11.1. The minimum atomic E-state index is -0.377. The van der Waals surface area contributed by atoms with Crippen LogP contribution in [0.3, 0.4) is 0 Å². The average molecular weight is 424 g/mol. The van der Waals surface area contributed by atoms with Gasteiger partial charge in [0.2, 0.25) is 5.89 Å². The molecule has 0 radical (unpaired) electrons. The summed E-state index contributed by atoms with van der Waals surface area (Å²) in [4.78, 5) is 12.0. The van der Waals surface area contributed by atoms with E-state index in [-0.39, 0.29) is 5.63 Å². The van der Waals surface area contributed by atoms with Crippen molar-refractivity contribution in [3.8, 4) is 23.0 Å². The fourth-order valence-electron chi connectivity index (χ4n) is 3.10. The summed E-state index contributed by atoms with van der Waals surface area (Å²) in [5.74, 6) is 2.08. The first-order chi connectivity index (χ1) is 14.5. The molecule has 30 heavy (non-hydrogen) atoms. The van der Waals surface area contributed by atoms with Gasteiger partial charge in [-0.2, -0.15) is 0 Å². The molecule has 0 unspecified atom stereocenters. The van der Waals surface area contributed by atoms with Crippen LogP contribution in [0.25, 0.3) is 22.4 Å². The van der Waals surface area contributed by atoms with Crippen molar-refractivity contribution in [3.05, 3.63) is 63.5 Å². The highest BCUT2D eigenvalue weighted by Crippen LogP contribution is 2.33. The van der Waals surface area contributed by atoms with Crippen molar-refractivity contribution in [2.75, 3.05) is 14.2 Å². The van der Waals surface area contributed by atoms with Gasteiger partial charge in [0.15, 0.2) is 11.5 Å². The summed E-state index contributed by atoms with van der Waals surface area (Å²) in [6, 6.07) is 10.8. The fraction of sp³-hybridized carbons (Fsp3) is 0.227. The molecule has 0 bridgehead atoms. The Morgan fingerprint density at radius 2 is 1.70 bits per heavy atom. The first kappa shape index (κ1) is 20.0. The van der Waals surface area contributed by atoms with Crippen LogP contribution in [0, 0.1) is 13.8 Å².